The highest BCUT2D eigenvalue weighted by Crippen LogP contribution is 2.54. The van der Waals surface area contributed by atoms with Gasteiger partial charge < -0.3 is 9.16 Å². The molecule has 0 saturated heterocycles. The SMILES string of the molecule is C=C1CC(O[Si](c2ccccc2)(c2ccccc2)C(C)(C)C)=C2CCCC[C@@H]2[C@]1(C)C(=O)OCC. The highest BCUT2D eigenvalue weighted by atomic mass is 28.4. The summed E-state index contributed by atoms with van der Waals surface area (Å²) in [5.41, 5.74) is 1.54. The summed E-state index contributed by atoms with van der Waals surface area (Å²) >= 11 is 0. The Labute approximate surface area is 212 Å². The van der Waals surface area contributed by atoms with Crippen molar-refractivity contribution in [1.82, 2.24) is 0 Å². The van der Waals surface area contributed by atoms with Crippen LogP contribution in [0.4, 0.5) is 0 Å². The number of esters is 1. The van der Waals surface area contributed by atoms with Crippen molar-refractivity contribution < 1.29 is 14.0 Å². The third-order valence-electron chi connectivity index (χ3n) is 8.17. The summed E-state index contributed by atoms with van der Waals surface area (Å²) < 4.78 is 13.1. The van der Waals surface area contributed by atoms with Crippen molar-refractivity contribution in [1.29, 1.82) is 0 Å². The van der Waals surface area contributed by atoms with Gasteiger partial charge in [0.25, 0.3) is 0 Å². The van der Waals surface area contributed by atoms with E-state index in [1.54, 1.807) is 0 Å². The lowest BCUT2D eigenvalue weighted by Crippen LogP contribution is -2.66. The molecule has 4 rings (SSSR count). The Balaban J connectivity index is 1.91. The average Bonchev–Trinajstić information content (AvgIpc) is 2.86. The third-order valence-corrected chi connectivity index (χ3v) is 13.1. The molecule has 1 fully saturated rings. The fourth-order valence-corrected chi connectivity index (χ4v) is 10.7. The van der Waals surface area contributed by atoms with Crippen LogP contribution in [0.15, 0.2) is 84.1 Å². The molecule has 2 aromatic carbocycles. The van der Waals surface area contributed by atoms with Gasteiger partial charge in [0.05, 0.1) is 17.8 Å². The number of carbonyl (C=O) groups excluding carboxylic acids is 1. The topological polar surface area (TPSA) is 35.5 Å². The number of rotatable bonds is 6. The van der Waals surface area contributed by atoms with Crippen molar-refractivity contribution in [3.05, 3.63) is 84.1 Å². The summed E-state index contributed by atoms with van der Waals surface area (Å²) in [5.74, 6) is 0.999. The van der Waals surface area contributed by atoms with Gasteiger partial charge in [-0.1, -0.05) is 100 Å². The molecule has 2 aliphatic rings. The van der Waals surface area contributed by atoms with E-state index >= 15 is 0 Å². The zero-order valence-corrected chi connectivity index (χ0v) is 23.0. The van der Waals surface area contributed by atoms with Gasteiger partial charge in [-0.05, 0) is 54.1 Å². The Kier molecular flexibility index (Phi) is 7.15. The molecule has 2 aliphatic carbocycles. The summed E-state index contributed by atoms with van der Waals surface area (Å²) in [6.07, 6.45) is 4.77. The molecule has 186 valence electrons. The Morgan fingerprint density at radius 2 is 1.60 bits per heavy atom. The highest BCUT2D eigenvalue weighted by molar-refractivity contribution is 6.99. The summed E-state index contributed by atoms with van der Waals surface area (Å²) in [6.45, 7) is 15.7. The lowest BCUT2D eigenvalue weighted by Gasteiger charge is -2.49. The molecule has 4 heteroatoms. The lowest BCUT2D eigenvalue weighted by molar-refractivity contribution is -0.155. The fraction of sp³-hybridized carbons (Fsp3) is 0.452. The molecule has 0 amide bonds. The van der Waals surface area contributed by atoms with E-state index < -0.39 is 13.7 Å². The Morgan fingerprint density at radius 1 is 1.03 bits per heavy atom. The second kappa shape index (κ2) is 9.81. The number of hydrogen-bond donors (Lipinski definition) is 0. The van der Waals surface area contributed by atoms with E-state index in [-0.39, 0.29) is 16.9 Å². The third kappa shape index (κ3) is 4.31. The smallest absolute Gasteiger partial charge is 0.319 e. The predicted molar refractivity (Wildman–Crippen MR) is 146 cm³/mol. The van der Waals surface area contributed by atoms with E-state index in [1.807, 2.05) is 13.8 Å². The first-order chi connectivity index (χ1) is 16.7. The van der Waals surface area contributed by atoms with Crippen LogP contribution in [0.1, 0.15) is 66.7 Å². The summed E-state index contributed by atoms with van der Waals surface area (Å²) in [6, 6.07) is 21.5. The number of benzene rings is 2. The van der Waals surface area contributed by atoms with Crippen molar-refractivity contribution >= 4 is 24.7 Å². The summed E-state index contributed by atoms with van der Waals surface area (Å²) in [5, 5.41) is 2.42. The first kappa shape index (κ1) is 25.5. The molecule has 0 unspecified atom stereocenters. The molecule has 0 aliphatic heterocycles. The molecule has 0 radical (unpaired) electrons. The van der Waals surface area contributed by atoms with Crippen LogP contribution in [0.3, 0.4) is 0 Å². The minimum Gasteiger partial charge on any atom is -0.537 e. The van der Waals surface area contributed by atoms with E-state index in [9.17, 15) is 4.79 Å². The van der Waals surface area contributed by atoms with Gasteiger partial charge in [-0.25, -0.2) is 0 Å². The van der Waals surface area contributed by atoms with Crippen LogP contribution in [0.5, 0.6) is 0 Å². The number of allylic oxidation sites excluding steroid dienone is 2. The second-order valence-electron chi connectivity index (χ2n) is 11.2. The zero-order valence-electron chi connectivity index (χ0n) is 22.0. The molecule has 0 bridgehead atoms. The van der Waals surface area contributed by atoms with Crippen LogP contribution in [0.25, 0.3) is 0 Å². The number of ether oxygens (including phenoxy) is 1. The van der Waals surface area contributed by atoms with E-state index in [0.717, 1.165) is 37.0 Å². The number of hydrogen-bond acceptors (Lipinski definition) is 3. The maximum Gasteiger partial charge on any atom is 0.319 e. The molecule has 3 nitrogen and oxygen atoms in total. The molecular weight excluding hydrogens is 448 g/mol. The molecule has 0 aromatic heterocycles. The van der Waals surface area contributed by atoms with Gasteiger partial charge in [-0.3, -0.25) is 4.79 Å². The van der Waals surface area contributed by atoms with Crippen LogP contribution in [-0.2, 0) is 14.0 Å². The average molecular weight is 489 g/mol. The van der Waals surface area contributed by atoms with Gasteiger partial charge in [0.15, 0.2) is 0 Å². The lowest BCUT2D eigenvalue weighted by atomic mass is 9.60. The van der Waals surface area contributed by atoms with Crippen LogP contribution in [-0.4, -0.2) is 20.9 Å². The Hall–Kier alpha value is -2.59. The maximum atomic E-state index is 13.2. The summed E-state index contributed by atoms with van der Waals surface area (Å²) in [4.78, 5) is 13.2. The Bertz CT molecular complexity index is 1060. The molecule has 35 heavy (non-hydrogen) atoms. The fourth-order valence-electron chi connectivity index (χ4n) is 6.22. The molecule has 0 N–H and O–H groups in total. The van der Waals surface area contributed by atoms with E-state index in [0.29, 0.717) is 13.0 Å². The quantitative estimate of drug-likeness (QED) is 0.263. The second-order valence-corrected chi connectivity index (χ2v) is 15.4. The summed E-state index contributed by atoms with van der Waals surface area (Å²) in [7, 11) is -2.75. The van der Waals surface area contributed by atoms with Gasteiger partial charge in [0.1, 0.15) is 0 Å². The van der Waals surface area contributed by atoms with Crippen molar-refractivity contribution in [2.24, 2.45) is 11.3 Å². The van der Waals surface area contributed by atoms with Gasteiger partial charge in [0.2, 0.25) is 0 Å². The van der Waals surface area contributed by atoms with Crippen molar-refractivity contribution in [2.45, 2.75) is 71.8 Å². The first-order valence-electron chi connectivity index (χ1n) is 13.0. The van der Waals surface area contributed by atoms with E-state index in [4.69, 9.17) is 9.16 Å². The van der Waals surface area contributed by atoms with E-state index in [2.05, 4.69) is 88.0 Å². The van der Waals surface area contributed by atoms with Gasteiger partial charge in [-0.15, -0.1) is 0 Å². The van der Waals surface area contributed by atoms with Crippen molar-refractivity contribution in [3.8, 4) is 0 Å². The van der Waals surface area contributed by atoms with Crippen molar-refractivity contribution in [2.75, 3.05) is 6.61 Å². The van der Waals surface area contributed by atoms with Gasteiger partial charge >= 0.3 is 14.3 Å². The largest absolute Gasteiger partial charge is 0.537 e. The molecule has 2 aromatic rings. The normalized spacial score (nSPS) is 23.0. The van der Waals surface area contributed by atoms with Gasteiger partial charge in [0, 0.05) is 12.3 Å². The number of fused-ring (bicyclic) bond motifs is 1. The molecule has 0 spiro atoms. The van der Waals surface area contributed by atoms with Crippen LogP contribution >= 0.6 is 0 Å². The minimum atomic E-state index is -2.75. The van der Waals surface area contributed by atoms with Crippen LogP contribution in [0, 0.1) is 11.3 Å². The predicted octanol–water partition coefficient (Wildman–Crippen LogP) is 6.54. The molecule has 0 heterocycles. The van der Waals surface area contributed by atoms with Crippen LogP contribution in [0.2, 0.25) is 5.04 Å². The molecule has 1 saturated carbocycles. The first-order valence-corrected chi connectivity index (χ1v) is 14.9. The standard InChI is InChI=1S/C31H40O3Si/c1-7-33-29(32)31(6)23(2)22-28(26-20-14-15-21-27(26)31)34-35(30(3,4)5,24-16-10-8-11-17-24)25-18-12-9-13-19-25/h8-13,16-19,27H,2,7,14-15,20-22H2,1,3-6H3/t27-,31+/m0/s1. The molecular formula is C31H40O3Si. The number of carbonyl (C=O) groups is 1. The Morgan fingerprint density at radius 3 is 2.11 bits per heavy atom. The van der Waals surface area contributed by atoms with Crippen molar-refractivity contribution in [3.63, 3.8) is 0 Å². The molecule has 2 atom stereocenters. The van der Waals surface area contributed by atoms with Crippen LogP contribution < -0.4 is 10.4 Å². The van der Waals surface area contributed by atoms with E-state index in [1.165, 1.54) is 15.9 Å². The van der Waals surface area contributed by atoms with Gasteiger partial charge in [-0.2, -0.15) is 0 Å². The highest BCUT2D eigenvalue weighted by Gasteiger charge is 2.55. The maximum absolute atomic E-state index is 13.2. The monoisotopic (exact) mass is 488 g/mol. The zero-order chi connectivity index (χ0) is 25.3. The minimum absolute atomic E-state index is 0.0877.